The van der Waals surface area contributed by atoms with Crippen LogP contribution in [-0.4, -0.2) is 31.7 Å². The van der Waals surface area contributed by atoms with Crippen molar-refractivity contribution < 1.29 is 17.6 Å². The number of carbonyl (C=O) groups excluding carboxylic acids is 1. The van der Waals surface area contributed by atoms with E-state index >= 15 is 0 Å². The summed E-state index contributed by atoms with van der Waals surface area (Å²) in [6, 6.07) is 3.59. The third-order valence-electron chi connectivity index (χ3n) is 3.92. The number of piperidine rings is 1. The Balaban J connectivity index is 1.59. The van der Waals surface area contributed by atoms with Gasteiger partial charge in [0.05, 0.1) is 6.26 Å². The van der Waals surface area contributed by atoms with Crippen LogP contribution in [0.5, 0.6) is 0 Å². The lowest BCUT2D eigenvalue weighted by molar-refractivity contribution is -0.120. The molecular weight excluding hydrogens is 280 g/mol. The highest BCUT2D eigenvalue weighted by atomic mass is 32.2. The first-order valence-corrected chi connectivity index (χ1v) is 8.37. The molecular formula is C13H18N2O4S. The molecule has 2 aliphatic rings. The van der Waals surface area contributed by atoms with Gasteiger partial charge in [0.2, 0.25) is 5.91 Å². The molecule has 0 spiro atoms. The molecule has 1 saturated carbocycles. The topological polar surface area (TPSA) is 79.6 Å². The molecule has 2 heterocycles. The fourth-order valence-electron chi connectivity index (χ4n) is 2.67. The van der Waals surface area contributed by atoms with Gasteiger partial charge in [-0.15, -0.1) is 0 Å². The number of hydrogen-bond donors (Lipinski definition) is 1. The van der Waals surface area contributed by atoms with Crippen molar-refractivity contribution in [1.82, 2.24) is 9.03 Å². The van der Waals surface area contributed by atoms with Crippen molar-refractivity contribution in [2.45, 2.75) is 31.6 Å². The molecule has 1 saturated heterocycles. The summed E-state index contributed by atoms with van der Waals surface area (Å²) < 4.78 is 33.0. The van der Waals surface area contributed by atoms with Gasteiger partial charge in [-0.2, -0.15) is 12.7 Å². The third kappa shape index (κ3) is 2.73. The summed E-state index contributed by atoms with van der Waals surface area (Å²) in [7, 11) is -3.68. The Morgan fingerprint density at radius 3 is 2.70 bits per heavy atom. The zero-order valence-electron chi connectivity index (χ0n) is 11.1. The molecule has 110 valence electrons. The van der Waals surface area contributed by atoms with E-state index in [4.69, 9.17) is 4.42 Å². The molecule has 1 amide bonds. The van der Waals surface area contributed by atoms with E-state index in [1.54, 1.807) is 12.3 Å². The van der Waals surface area contributed by atoms with Gasteiger partial charge in [-0.05, 0) is 31.4 Å². The summed E-state index contributed by atoms with van der Waals surface area (Å²) in [6.07, 6.45) is 4.96. The first-order valence-electron chi connectivity index (χ1n) is 6.93. The highest BCUT2D eigenvalue weighted by molar-refractivity contribution is 7.87. The monoisotopic (exact) mass is 298 g/mol. The molecule has 3 rings (SSSR count). The Bertz CT molecular complexity index is 576. The summed E-state index contributed by atoms with van der Waals surface area (Å²) in [6.45, 7) is 0.990. The van der Waals surface area contributed by atoms with Crippen molar-refractivity contribution in [3.8, 4) is 0 Å². The second kappa shape index (κ2) is 5.21. The molecule has 6 nitrogen and oxygen atoms in total. The van der Waals surface area contributed by atoms with Crippen LogP contribution < -0.4 is 4.72 Å². The van der Waals surface area contributed by atoms with Gasteiger partial charge >= 0.3 is 10.2 Å². The quantitative estimate of drug-likeness (QED) is 0.906. The smallest absolute Gasteiger partial charge is 0.303 e. The molecule has 1 N–H and O–H groups in total. The number of carbonyl (C=O) groups is 1. The van der Waals surface area contributed by atoms with Crippen molar-refractivity contribution >= 4 is 16.1 Å². The minimum Gasteiger partial charge on any atom is -0.469 e. The van der Waals surface area contributed by atoms with Crippen LogP contribution in [0.25, 0.3) is 0 Å². The number of rotatable bonds is 4. The second-order valence-electron chi connectivity index (χ2n) is 5.40. The summed E-state index contributed by atoms with van der Waals surface area (Å²) in [4.78, 5) is 12.0. The third-order valence-corrected chi connectivity index (χ3v) is 5.42. The van der Waals surface area contributed by atoms with Crippen LogP contribution in [0.15, 0.2) is 22.8 Å². The molecule has 0 radical (unpaired) electrons. The van der Waals surface area contributed by atoms with Gasteiger partial charge in [0.1, 0.15) is 5.76 Å². The van der Waals surface area contributed by atoms with Gasteiger partial charge < -0.3 is 4.42 Å². The molecule has 1 aromatic rings. The van der Waals surface area contributed by atoms with Crippen molar-refractivity contribution in [2.24, 2.45) is 5.92 Å². The minimum atomic E-state index is -3.68. The van der Waals surface area contributed by atoms with Crippen molar-refractivity contribution in [3.63, 3.8) is 0 Å². The Kier molecular flexibility index (Phi) is 3.55. The lowest BCUT2D eigenvalue weighted by Gasteiger charge is -2.25. The van der Waals surface area contributed by atoms with Gasteiger partial charge in [-0.1, -0.05) is 6.42 Å². The Morgan fingerprint density at radius 2 is 2.05 bits per heavy atom. The van der Waals surface area contributed by atoms with Gasteiger partial charge in [0.25, 0.3) is 0 Å². The van der Waals surface area contributed by atoms with Crippen LogP contribution in [0, 0.1) is 5.92 Å². The molecule has 1 aliphatic carbocycles. The van der Waals surface area contributed by atoms with Gasteiger partial charge in [0, 0.05) is 24.9 Å². The van der Waals surface area contributed by atoms with Crippen molar-refractivity contribution in [1.29, 1.82) is 0 Å². The van der Waals surface area contributed by atoms with Gasteiger partial charge in [0.15, 0.2) is 0 Å². The number of amides is 1. The fourth-order valence-corrected chi connectivity index (χ4v) is 3.95. The number of nitrogens with zero attached hydrogens (tertiary/aromatic N) is 1. The maximum atomic E-state index is 12.1. The summed E-state index contributed by atoms with van der Waals surface area (Å²) >= 11 is 0. The van der Waals surface area contributed by atoms with Crippen molar-refractivity contribution in [3.05, 3.63) is 24.2 Å². The van der Waals surface area contributed by atoms with Crippen LogP contribution in [0.3, 0.4) is 0 Å². The largest absolute Gasteiger partial charge is 0.469 e. The summed E-state index contributed by atoms with van der Waals surface area (Å²) in [5, 5.41) is 0. The van der Waals surface area contributed by atoms with Crippen LogP contribution in [0.2, 0.25) is 0 Å². The lowest BCUT2D eigenvalue weighted by atomic mass is 10.2. The zero-order chi connectivity index (χ0) is 14.2. The molecule has 0 unspecified atom stereocenters. The summed E-state index contributed by atoms with van der Waals surface area (Å²) in [5.41, 5.74) is 0. The molecule has 0 bridgehead atoms. The van der Waals surface area contributed by atoms with E-state index in [2.05, 4.69) is 4.72 Å². The van der Waals surface area contributed by atoms with Crippen LogP contribution in [0.4, 0.5) is 0 Å². The van der Waals surface area contributed by atoms with Crippen molar-refractivity contribution in [2.75, 3.05) is 13.1 Å². The highest BCUT2D eigenvalue weighted by Crippen LogP contribution is 2.47. The fraction of sp³-hybridized carbons (Fsp3) is 0.615. The number of hydrogen-bond acceptors (Lipinski definition) is 4. The van der Waals surface area contributed by atoms with E-state index < -0.39 is 16.1 Å². The zero-order valence-corrected chi connectivity index (χ0v) is 11.9. The van der Waals surface area contributed by atoms with Crippen LogP contribution >= 0.6 is 0 Å². The number of furan rings is 1. The number of nitrogens with one attached hydrogen (secondary N) is 1. The van der Waals surface area contributed by atoms with E-state index in [-0.39, 0.29) is 11.8 Å². The SMILES string of the molecule is O=C(NS(=O)(=O)N1CCCCC1)[C@H]1C[C@H]1c1ccco1. The Labute approximate surface area is 118 Å². The minimum absolute atomic E-state index is 0.0153. The molecule has 2 fully saturated rings. The van der Waals surface area contributed by atoms with Gasteiger partial charge in [-0.3, -0.25) is 4.79 Å². The van der Waals surface area contributed by atoms with E-state index in [0.29, 0.717) is 19.5 Å². The molecule has 1 aromatic heterocycles. The maximum Gasteiger partial charge on any atom is 0.303 e. The van der Waals surface area contributed by atoms with Gasteiger partial charge in [-0.25, -0.2) is 4.72 Å². The maximum absolute atomic E-state index is 12.1. The normalized spacial score (nSPS) is 27.2. The molecule has 7 heteroatoms. The Hall–Kier alpha value is -1.34. The predicted molar refractivity (Wildman–Crippen MR) is 72.0 cm³/mol. The van der Waals surface area contributed by atoms with E-state index in [1.165, 1.54) is 4.31 Å². The lowest BCUT2D eigenvalue weighted by Crippen LogP contribution is -2.46. The highest BCUT2D eigenvalue weighted by Gasteiger charge is 2.47. The van der Waals surface area contributed by atoms with Crippen LogP contribution in [0.1, 0.15) is 37.4 Å². The average Bonchev–Trinajstić information content (AvgIpc) is 3.06. The van der Waals surface area contributed by atoms with E-state index in [9.17, 15) is 13.2 Å². The standard InChI is InChI=1S/C13H18N2O4S/c16-13(11-9-10(11)12-5-4-8-19-12)14-20(17,18)15-6-2-1-3-7-15/h4-5,8,10-11H,1-3,6-7,9H2,(H,14,16)/t10-,11+/m1/s1. The summed E-state index contributed by atoms with van der Waals surface area (Å²) in [5.74, 6) is 0.0553. The predicted octanol–water partition coefficient (Wildman–Crippen LogP) is 1.23. The first kappa shape index (κ1) is 13.6. The molecule has 2 atom stereocenters. The second-order valence-corrected chi connectivity index (χ2v) is 7.07. The van der Waals surface area contributed by atoms with Crippen LogP contribution in [-0.2, 0) is 15.0 Å². The Morgan fingerprint density at radius 1 is 1.30 bits per heavy atom. The van der Waals surface area contributed by atoms with E-state index in [1.807, 2.05) is 6.07 Å². The average molecular weight is 298 g/mol. The van der Waals surface area contributed by atoms with E-state index in [0.717, 1.165) is 25.0 Å². The molecule has 1 aliphatic heterocycles. The molecule has 20 heavy (non-hydrogen) atoms. The first-order chi connectivity index (χ1) is 9.58. The molecule has 0 aromatic carbocycles.